The number of anilines is 1. The van der Waals surface area contributed by atoms with Gasteiger partial charge in [0.15, 0.2) is 0 Å². The molecule has 4 rings (SSSR count). The molecule has 1 aliphatic heterocycles. The molecule has 1 saturated heterocycles. The molecular formula is C21H25FN4O. The first-order valence-corrected chi connectivity index (χ1v) is 9.71. The van der Waals surface area contributed by atoms with Gasteiger partial charge in [0.1, 0.15) is 5.82 Å². The van der Waals surface area contributed by atoms with Crippen LogP contribution in [0.25, 0.3) is 0 Å². The van der Waals surface area contributed by atoms with E-state index in [-0.39, 0.29) is 11.7 Å². The molecule has 0 bridgehead atoms. The van der Waals surface area contributed by atoms with Gasteiger partial charge in [0.25, 0.3) is 0 Å². The largest absolute Gasteiger partial charge is 0.350 e. The van der Waals surface area contributed by atoms with Crippen molar-refractivity contribution in [2.45, 2.75) is 51.0 Å². The summed E-state index contributed by atoms with van der Waals surface area (Å²) in [6.07, 6.45) is 5.20. The Labute approximate surface area is 159 Å². The summed E-state index contributed by atoms with van der Waals surface area (Å²) in [6, 6.07) is 8.18. The summed E-state index contributed by atoms with van der Waals surface area (Å²) in [5.74, 6) is 0.472. The number of hydrogen-bond donors (Lipinski definition) is 1. The number of rotatable bonds is 5. The molecule has 1 saturated carbocycles. The highest BCUT2D eigenvalue weighted by atomic mass is 19.1. The Morgan fingerprint density at radius 3 is 2.52 bits per heavy atom. The van der Waals surface area contributed by atoms with Crippen LogP contribution in [0.1, 0.15) is 49.1 Å². The Bertz CT molecular complexity index is 827. The number of amides is 1. The Morgan fingerprint density at radius 1 is 1.15 bits per heavy atom. The SMILES string of the molecule is Cc1cc(CNC(=O)C2(c3ccc(F)cc3)CC2)nc(N2CCCCC2)n1. The summed E-state index contributed by atoms with van der Waals surface area (Å²) < 4.78 is 13.2. The lowest BCUT2D eigenvalue weighted by Crippen LogP contribution is -2.35. The average molecular weight is 368 g/mol. The first kappa shape index (κ1) is 17.9. The number of aromatic nitrogens is 2. The molecule has 2 heterocycles. The molecule has 2 aliphatic rings. The van der Waals surface area contributed by atoms with Gasteiger partial charge in [-0.2, -0.15) is 0 Å². The second kappa shape index (κ2) is 7.25. The lowest BCUT2D eigenvalue weighted by atomic mass is 9.95. The second-order valence-electron chi connectivity index (χ2n) is 7.62. The molecule has 1 N–H and O–H groups in total. The highest BCUT2D eigenvalue weighted by Gasteiger charge is 2.51. The third-order valence-corrected chi connectivity index (χ3v) is 5.55. The van der Waals surface area contributed by atoms with Crippen LogP contribution < -0.4 is 10.2 Å². The summed E-state index contributed by atoms with van der Waals surface area (Å²) in [5.41, 5.74) is 2.11. The number of aryl methyl sites for hydroxylation is 1. The Kier molecular flexibility index (Phi) is 4.81. The molecule has 142 valence electrons. The maximum Gasteiger partial charge on any atom is 0.230 e. The van der Waals surface area contributed by atoms with E-state index in [2.05, 4.69) is 20.2 Å². The van der Waals surface area contributed by atoms with Crippen molar-refractivity contribution in [3.05, 3.63) is 53.1 Å². The Hall–Kier alpha value is -2.50. The fourth-order valence-corrected chi connectivity index (χ4v) is 3.82. The summed E-state index contributed by atoms with van der Waals surface area (Å²) in [5, 5.41) is 3.03. The molecule has 1 aromatic heterocycles. The number of nitrogens with one attached hydrogen (secondary N) is 1. The van der Waals surface area contributed by atoms with Crippen LogP contribution in [0.2, 0.25) is 0 Å². The third kappa shape index (κ3) is 3.80. The van der Waals surface area contributed by atoms with Crippen LogP contribution in [0.5, 0.6) is 0 Å². The van der Waals surface area contributed by atoms with E-state index in [1.807, 2.05) is 13.0 Å². The zero-order valence-corrected chi connectivity index (χ0v) is 15.7. The van der Waals surface area contributed by atoms with Gasteiger partial charge in [-0.15, -0.1) is 0 Å². The van der Waals surface area contributed by atoms with E-state index in [9.17, 15) is 9.18 Å². The van der Waals surface area contributed by atoms with Gasteiger partial charge in [0.2, 0.25) is 11.9 Å². The lowest BCUT2D eigenvalue weighted by molar-refractivity contribution is -0.123. The number of hydrogen-bond acceptors (Lipinski definition) is 4. The predicted octanol–water partition coefficient (Wildman–Crippen LogP) is 3.26. The molecule has 6 heteroatoms. The van der Waals surface area contributed by atoms with Gasteiger partial charge in [-0.05, 0) is 62.8 Å². The summed E-state index contributed by atoms with van der Waals surface area (Å²) in [4.78, 5) is 24.3. The molecular weight excluding hydrogens is 343 g/mol. The van der Waals surface area contributed by atoms with Crippen molar-refractivity contribution >= 4 is 11.9 Å². The molecule has 2 fully saturated rings. The molecule has 27 heavy (non-hydrogen) atoms. The van der Waals surface area contributed by atoms with Gasteiger partial charge in [0.05, 0.1) is 17.7 Å². The topological polar surface area (TPSA) is 58.1 Å². The van der Waals surface area contributed by atoms with Crippen LogP contribution in [0.3, 0.4) is 0 Å². The minimum atomic E-state index is -0.508. The molecule has 0 atom stereocenters. The molecule has 1 aliphatic carbocycles. The lowest BCUT2D eigenvalue weighted by Gasteiger charge is -2.27. The second-order valence-corrected chi connectivity index (χ2v) is 7.62. The van der Waals surface area contributed by atoms with Crippen LogP contribution in [0.15, 0.2) is 30.3 Å². The van der Waals surface area contributed by atoms with Crippen LogP contribution in [0.4, 0.5) is 10.3 Å². The highest BCUT2D eigenvalue weighted by molar-refractivity contribution is 5.91. The van der Waals surface area contributed by atoms with Crippen LogP contribution in [-0.2, 0) is 16.8 Å². The fraction of sp³-hybridized carbons (Fsp3) is 0.476. The highest BCUT2D eigenvalue weighted by Crippen LogP contribution is 2.48. The van der Waals surface area contributed by atoms with Crippen molar-refractivity contribution in [3.63, 3.8) is 0 Å². The standard InChI is InChI=1S/C21H25FN4O/c1-15-13-18(25-20(24-15)26-11-3-2-4-12-26)14-23-19(27)21(9-10-21)16-5-7-17(22)8-6-16/h5-8,13H,2-4,9-12,14H2,1H3,(H,23,27). The van der Waals surface area contributed by atoms with Gasteiger partial charge in [-0.1, -0.05) is 12.1 Å². The van der Waals surface area contributed by atoms with Gasteiger partial charge < -0.3 is 10.2 Å². The number of piperidine rings is 1. The molecule has 0 radical (unpaired) electrons. The van der Waals surface area contributed by atoms with Gasteiger partial charge in [-0.25, -0.2) is 14.4 Å². The van der Waals surface area contributed by atoms with Gasteiger partial charge in [0, 0.05) is 18.8 Å². The molecule has 1 amide bonds. The third-order valence-electron chi connectivity index (χ3n) is 5.55. The van der Waals surface area contributed by atoms with Crippen molar-refractivity contribution in [2.75, 3.05) is 18.0 Å². The Balaban J connectivity index is 1.44. The van der Waals surface area contributed by atoms with E-state index >= 15 is 0 Å². The summed E-state index contributed by atoms with van der Waals surface area (Å²) >= 11 is 0. The number of benzene rings is 1. The van der Waals surface area contributed by atoms with Crippen LogP contribution >= 0.6 is 0 Å². The quantitative estimate of drug-likeness (QED) is 0.880. The number of carbonyl (C=O) groups excluding carboxylic acids is 1. The normalized spacial score (nSPS) is 18.2. The molecule has 1 aromatic carbocycles. The van der Waals surface area contributed by atoms with E-state index in [1.165, 1.54) is 31.4 Å². The van der Waals surface area contributed by atoms with E-state index in [4.69, 9.17) is 0 Å². The maximum atomic E-state index is 13.2. The smallest absolute Gasteiger partial charge is 0.230 e. The molecule has 0 unspecified atom stereocenters. The fourth-order valence-electron chi connectivity index (χ4n) is 3.82. The van der Waals surface area contributed by atoms with E-state index in [1.54, 1.807) is 12.1 Å². The zero-order chi connectivity index (χ0) is 18.9. The Morgan fingerprint density at radius 2 is 1.85 bits per heavy atom. The first-order chi connectivity index (χ1) is 13.1. The minimum absolute atomic E-state index is 0.00936. The van der Waals surface area contributed by atoms with Crippen molar-refractivity contribution in [2.24, 2.45) is 0 Å². The molecule has 5 nitrogen and oxygen atoms in total. The van der Waals surface area contributed by atoms with Crippen molar-refractivity contribution in [1.29, 1.82) is 0 Å². The van der Waals surface area contributed by atoms with E-state index < -0.39 is 5.41 Å². The van der Waals surface area contributed by atoms with Crippen molar-refractivity contribution in [1.82, 2.24) is 15.3 Å². The zero-order valence-electron chi connectivity index (χ0n) is 15.7. The van der Waals surface area contributed by atoms with E-state index in [0.29, 0.717) is 6.54 Å². The number of carbonyl (C=O) groups is 1. The first-order valence-electron chi connectivity index (χ1n) is 9.71. The minimum Gasteiger partial charge on any atom is -0.350 e. The predicted molar refractivity (Wildman–Crippen MR) is 102 cm³/mol. The van der Waals surface area contributed by atoms with Crippen LogP contribution in [0, 0.1) is 12.7 Å². The van der Waals surface area contributed by atoms with Gasteiger partial charge >= 0.3 is 0 Å². The van der Waals surface area contributed by atoms with Gasteiger partial charge in [-0.3, -0.25) is 4.79 Å². The maximum absolute atomic E-state index is 13.2. The monoisotopic (exact) mass is 368 g/mol. The van der Waals surface area contributed by atoms with Crippen molar-refractivity contribution < 1.29 is 9.18 Å². The number of nitrogens with zero attached hydrogens (tertiary/aromatic N) is 3. The van der Waals surface area contributed by atoms with E-state index in [0.717, 1.165) is 48.8 Å². The molecule has 2 aromatic rings. The van der Waals surface area contributed by atoms with Crippen LogP contribution in [-0.4, -0.2) is 29.0 Å². The summed E-state index contributed by atoms with van der Waals surface area (Å²) in [7, 11) is 0. The summed E-state index contributed by atoms with van der Waals surface area (Å²) in [6.45, 7) is 4.32. The number of halogens is 1. The van der Waals surface area contributed by atoms with Crippen molar-refractivity contribution in [3.8, 4) is 0 Å². The average Bonchev–Trinajstić information content (AvgIpc) is 3.49. The molecule has 0 spiro atoms.